The molecule has 0 N–H and O–H groups in total. The standard InChI is InChI=1S/C17H25NOS/c1-5-15-11-18(8-9-20-15)14(4)17(19)16-10-12(2)6-7-13(16)3/h6-7,10,14-15H,5,8-9,11H2,1-4H3. The van der Waals surface area contributed by atoms with Crippen molar-refractivity contribution < 1.29 is 4.79 Å². The van der Waals surface area contributed by atoms with Crippen LogP contribution in [0.15, 0.2) is 18.2 Å². The molecule has 2 rings (SSSR count). The number of benzene rings is 1. The summed E-state index contributed by atoms with van der Waals surface area (Å²) in [6, 6.07) is 6.15. The summed E-state index contributed by atoms with van der Waals surface area (Å²) in [5.41, 5.74) is 3.14. The Morgan fingerprint density at radius 2 is 2.20 bits per heavy atom. The number of hydrogen-bond donors (Lipinski definition) is 0. The predicted octanol–water partition coefficient (Wildman–Crippen LogP) is 3.70. The molecule has 3 heteroatoms. The highest BCUT2D eigenvalue weighted by atomic mass is 32.2. The molecule has 0 aromatic heterocycles. The highest BCUT2D eigenvalue weighted by Gasteiger charge is 2.28. The summed E-state index contributed by atoms with van der Waals surface area (Å²) in [5, 5.41) is 0.678. The van der Waals surface area contributed by atoms with Gasteiger partial charge in [0.25, 0.3) is 0 Å². The summed E-state index contributed by atoms with van der Waals surface area (Å²) in [5.74, 6) is 1.41. The maximum absolute atomic E-state index is 12.8. The van der Waals surface area contributed by atoms with E-state index in [1.165, 1.54) is 6.42 Å². The van der Waals surface area contributed by atoms with Crippen molar-refractivity contribution >= 4 is 17.5 Å². The molecular formula is C17H25NOS. The van der Waals surface area contributed by atoms with Crippen LogP contribution >= 0.6 is 11.8 Å². The first kappa shape index (κ1) is 15.6. The number of rotatable bonds is 4. The number of carbonyl (C=O) groups is 1. The lowest BCUT2D eigenvalue weighted by molar-refractivity contribution is 0.0841. The van der Waals surface area contributed by atoms with E-state index in [1.807, 2.05) is 31.7 Å². The Labute approximate surface area is 126 Å². The molecule has 0 saturated carbocycles. The molecule has 0 amide bonds. The van der Waals surface area contributed by atoms with Gasteiger partial charge in [-0.1, -0.05) is 24.6 Å². The summed E-state index contributed by atoms with van der Waals surface area (Å²) in [4.78, 5) is 15.1. The van der Waals surface area contributed by atoms with Crippen molar-refractivity contribution in [3.63, 3.8) is 0 Å². The van der Waals surface area contributed by atoms with Crippen molar-refractivity contribution in [2.24, 2.45) is 0 Å². The monoisotopic (exact) mass is 291 g/mol. The highest BCUT2D eigenvalue weighted by Crippen LogP contribution is 2.24. The van der Waals surface area contributed by atoms with E-state index in [0.29, 0.717) is 5.25 Å². The molecule has 0 spiro atoms. The van der Waals surface area contributed by atoms with Gasteiger partial charge >= 0.3 is 0 Å². The topological polar surface area (TPSA) is 20.3 Å². The van der Waals surface area contributed by atoms with Crippen LogP contribution in [0.25, 0.3) is 0 Å². The number of Topliss-reactive ketones (excluding diaryl/α,β-unsaturated/α-hetero) is 1. The van der Waals surface area contributed by atoms with Crippen molar-refractivity contribution in [3.05, 3.63) is 34.9 Å². The lowest BCUT2D eigenvalue weighted by Gasteiger charge is -2.35. The van der Waals surface area contributed by atoms with Gasteiger partial charge in [0, 0.05) is 29.7 Å². The lowest BCUT2D eigenvalue weighted by atomic mass is 9.97. The average Bonchev–Trinajstić information content (AvgIpc) is 2.48. The quantitative estimate of drug-likeness (QED) is 0.789. The van der Waals surface area contributed by atoms with Crippen LogP contribution in [0.1, 0.15) is 41.8 Å². The Kier molecular flexibility index (Phi) is 5.28. The van der Waals surface area contributed by atoms with Crippen LogP contribution in [0.5, 0.6) is 0 Å². The van der Waals surface area contributed by atoms with E-state index < -0.39 is 0 Å². The number of carbonyl (C=O) groups excluding carboxylic acids is 1. The number of nitrogens with zero attached hydrogens (tertiary/aromatic N) is 1. The zero-order valence-corrected chi connectivity index (χ0v) is 13.8. The number of aryl methyl sites for hydroxylation is 2. The first-order valence-corrected chi connectivity index (χ1v) is 8.55. The average molecular weight is 291 g/mol. The molecule has 1 fully saturated rings. The summed E-state index contributed by atoms with van der Waals surface area (Å²) in [6.45, 7) is 10.4. The molecule has 1 aliphatic heterocycles. The van der Waals surface area contributed by atoms with Crippen molar-refractivity contribution in [2.75, 3.05) is 18.8 Å². The maximum atomic E-state index is 12.8. The highest BCUT2D eigenvalue weighted by molar-refractivity contribution is 8.00. The van der Waals surface area contributed by atoms with Gasteiger partial charge in [-0.3, -0.25) is 9.69 Å². The Hall–Kier alpha value is -0.800. The Bertz CT molecular complexity index is 486. The van der Waals surface area contributed by atoms with Gasteiger partial charge in [-0.05, 0) is 38.8 Å². The second-order valence-corrected chi connectivity index (χ2v) is 7.16. The Morgan fingerprint density at radius 3 is 2.90 bits per heavy atom. The Morgan fingerprint density at radius 1 is 1.45 bits per heavy atom. The van der Waals surface area contributed by atoms with E-state index in [0.717, 1.165) is 35.5 Å². The normalized spacial score (nSPS) is 21.7. The molecule has 1 aromatic rings. The molecule has 1 aliphatic rings. The number of thioether (sulfide) groups is 1. The summed E-state index contributed by atoms with van der Waals surface area (Å²) in [7, 11) is 0. The molecule has 1 saturated heterocycles. The van der Waals surface area contributed by atoms with E-state index in [9.17, 15) is 4.79 Å². The summed E-state index contributed by atoms with van der Waals surface area (Å²) >= 11 is 2.04. The van der Waals surface area contributed by atoms with E-state index in [2.05, 4.69) is 30.9 Å². The molecule has 0 bridgehead atoms. The minimum absolute atomic E-state index is 0.00884. The fraction of sp³-hybridized carbons (Fsp3) is 0.588. The number of ketones is 1. The third-order valence-electron chi connectivity index (χ3n) is 4.21. The van der Waals surface area contributed by atoms with Crippen LogP contribution in [-0.4, -0.2) is 40.8 Å². The third kappa shape index (κ3) is 3.44. The van der Waals surface area contributed by atoms with Crippen LogP contribution in [0, 0.1) is 13.8 Å². The summed E-state index contributed by atoms with van der Waals surface area (Å²) in [6.07, 6.45) is 1.19. The van der Waals surface area contributed by atoms with Crippen LogP contribution in [0.2, 0.25) is 0 Å². The molecule has 2 nitrogen and oxygen atoms in total. The van der Waals surface area contributed by atoms with Crippen molar-refractivity contribution in [2.45, 2.75) is 45.4 Å². The van der Waals surface area contributed by atoms with Gasteiger partial charge in [-0.15, -0.1) is 0 Å². The maximum Gasteiger partial charge on any atom is 0.179 e. The van der Waals surface area contributed by atoms with Crippen molar-refractivity contribution in [1.29, 1.82) is 0 Å². The van der Waals surface area contributed by atoms with Gasteiger partial charge in [0.2, 0.25) is 0 Å². The zero-order chi connectivity index (χ0) is 14.7. The Balaban J connectivity index is 2.13. The van der Waals surface area contributed by atoms with Crippen LogP contribution < -0.4 is 0 Å². The van der Waals surface area contributed by atoms with Crippen LogP contribution in [0.4, 0.5) is 0 Å². The molecule has 1 heterocycles. The van der Waals surface area contributed by atoms with Gasteiger partial charge in [0.05, 0.1) is 6.04 Å². The minimum atomic E-state index is -0.00884. The predicted molar refractivity (Wildman–Crippen MR) is 87.8 cm³/mol. The lowest BCUT2D eigenvalue weighted by Crippen LogP contribution is -2.46. The molecule has 0 aliphatic carbocycles. The van der Waals surface area contributed by atoms with Crippen LogP contribution in [0.3, 0.4) is 0 Å². The van der Waals surface area contributed by atoms with Gasteiger partial charge in [0.1, 0.15) is 0 Å². The third-order valence-corrected chi connectivity index (χ3v) is 5.58. The smallest absolute Gasteiger partial charge is 0.179 e. The second-order valence-electron chi connectivity index (χ2n) is 5.75. The zero-order valence-electron chi connectivity index (χ0n) is 13.0. The molecule has 2 unspecified atom stereocenters. The molecule has 0 radical (unpaired) electrons. The number of hydrogen-bond acceptors (Lipinski definition) is 3. The minimum Gasteiger partial charge on any atom is -0.292 e. The first-order chi connectivity index (χ1) is 9.52. The first-order valence-electron chi connectivity index (χ1n) is 7.50. The van der Waals surface area contributed by atoms with Crippen LogP contribution in [-0.2, 0) is 0 Å². The van der Waals surface area contributed by atoms with E-state index in [4.69, 9.17) is 0 Å². The summed E-state index contributed by atoms with van der Waals surface area (Å²) < 4.78 is 0. The molecule has 1 aromatic carbocycles. The van der Waals surface area contributed by atoms with Crippen molar-refractivity contribution in [3.8, 4) is 0 Å². The van der Waals surface area contributed by atoms with Gasteiger partial charge in [0.15, 0.2) is 5.78 Å². The SMILES string of the molecule is CCC1CN(C(C)C(=O)c2cc(C)ccc2C)CCS1. The largest absolute Gasteiger partial charge is 0.292 e. The molecule has 2 atom stereocenters. The van der Waals surface area contributed by atoms with E-state index in [-0.39, 0.29) is 11.8 Å². The van der Waals surface area contributed by atoms with E-state index >= 15 is 0 Å². The molecule has 110 valence electrons. The molecule has 20 heavy (non-hydrogen) atoms. The molecular weight excluding hydrogens is 266 g/mol. The van der Waals surface area contributed by atoms with Gasteiger partial charge in [-0.2, -0.15) is 11.8 Å². The fourth-order valence-corrected chi connectivity index (χ4v) is 3.94. The van der Waals surface area contributed by atoms with Crippen molar-refractivity contribution in [1.82, 2.24) is 4.90 Å². The van der Waals surface area contributed by atoms with E-state index in [1.54, 1.807) is 0 Å². The second kappa shape index (κ2) is 6.77. The van der Waals surface area contributed by atoms with Gasteiger partial charge < -0.3 is 0 Å². The fourth-order valence-electron chi connectivity index (χ4n) is 2.73. The van der Waals surface area contributed by atoms with Gasteiger partial charge in [-0.25, -0.2) is 0 Å².